The van der Waals surface area contributed by atoms with Crippen molar-refractivity contribution in [3.05, 3.63) is 33.4 Å². The summed E-state index contributed by atoms with van der Waals surface area (Å²) in [6, 6.07) is 8.92. The summed E-state index contributed by atoms with van der Waals surface area (Å²) in [6.45, 7) is 8.12. The molecule has 17 heavy (non-hydrogen) atoms. The zero-order chi connectivity index (χ0) is 12.5. The minimum Gasteiger partial charge on any atom is -0.299 e. The van der Waals surface area contributed by atoms with Crippen LogP contribution in [0.2, 0.25) is 0 Å². The van der Waals surface area contributed by atoms with Crippen LogP contribution in [0.15, 0.2) is 24.3 Å². The summed E-state index contributed by atoms with van der Waals surface area (Å²) in [5, 5.41) is 0. The van der Waals surface area contributed by atoms with Crippen molar-refractivity contribution in [3.8, 4) is 0 Å². The first-order valence-corrected chi connectivity index (χ1v) is 7.81. The molecule has 0 aliphatic carbocycles. The van der Waals surface area contributed by atoms with Crippen LogP contribution in [0.25, 0.3) is 0 Å². The van der Waals surface area contributed by atoms with Crippen molar-refractivity contribution in [1.29, 1.82) is 0 Å². The van der Waals surface area contributed by atoms with Crippen molar-refractivity contribution in [1.82, 2.24) is 4.90 Å². The van der Waals surface area contributed by atoms with Gasteiger partial charge >= 0.3 is 0 Å². The lowest BCUT2D eigenvalue weighted by molar-refractivity contribution is 0.257. The van der Waals surface area contributed by atoms with Crippen molar-refractivity contribution < 1.29 is 0 Å². The molecular weight excluding hydrogens is 321 g/mol. The predicted octanol–water partition coefficient (Wildman–Crippen LogP) is 4.69. The minimum atomic E-state index is 1.11. The summed E-state index contributed by atoms with van der Waals surface area (Å²) >= 11 is 2.36. The molecule has 0 unspecified atom stereocenters. The van der Waals surface area contributed by atoms with E-state index in [9.17, 15) is 0 Å². The predicted molar refractivity (Wildman–Crippen MR) is 84.3 cm³/mol. The van der Waals surface area contributed by atoms with Gasteiger partial charge < -0.3 is 0 Å². The fourth-order valence-electron chi connectivity index (χ4n) is 1.88. The summed E-state index contributed by atoms with van der Waals surface area (Å²) in [4.78, 5) is 2.59. The summed E-state index contributed by atoms with van der Waals surface area (Å²) in [6.07, 6.45) is 5.20. The molecule has 1 aromatic rings. The van der Waals surface area contributed by atoms with Crippen LogP contribution >= 0.6 is 22.6 Å². The molecule has 0 saturated carbocycles. The molecule has 2 heteroatoms. The molecule has 0 aliphatic rings. The monoisotopic (exact) mass is 345 g/mol. The van der Waals surface area contributed by atoms with Crippen LogP contribution in [0, 0.1) is 3.57 Å². The normalized spacial score (nSPS) is 11.1. The Morgan fingerprint density at radius 3 is 1.94 bits per heavy atom. The van der Waals surface area contributed by atoms with Gasteiger partial charge in [-0.05, 0) is 66.2 Å². The van der Waals surface area contributed by atoms with E-state index >= 15 is 0 Å². The molecule has 0 N–H and O–H groups in total. The SMILES string of the molecule is CCCCN(CCCC)Cc1ccc(I)cc1. The fraction of sp³-hybridized carbons (Fsp3) is 0.600. The van der Waals surface area contributed by atoms with E-state index in [1.807, 2.05) is 0 Å². The molecule has 0 atom stereocenters. The van der Waals surface area contributed by atoms with Gasteiger partial charge in [-0.25, -0.2) is 0 Å². The average Bonchev–Trinajstić information content (AvgIpc) is 2.35. The molecule has 0 spiro atoms. The second kappa shape index (κ2) is 8.92. The highest BCUT2D eigenvalue weighted by Gasteiger charge is 2.04. The third kappa shape index (κ3) is 6.41. The largest absolute Gasteiger partial charge is 0.299 e. The van der Waals surface area contributed by atoms with Gasteiger partial charge in [0.2, 0.25) is 0 Å². The van der Waals surface area contributed by atoms with E-state index in [1.165, 1.54) is 47.9 Å². The van der Waals surface area contributed by atoms with Gasteiger partial charge in [0, 0.05) is 10.1 Å². The van der Waals surface area contributed by atoms with Crippen LogP contribution in [-0.2, 0) is 6.54 Å². The van der Waals surface area contributed by atoms with E-state index in [-0.39, 0.29) is 0 Å². The summed E-state index contributed by atoms with van der Waals surface area (Å²) in [7, 11) is 0. The van der Waals surface area contributed by atoms with Crippen LogP contribution in [-0.4, -0.2) is 18.0 Å². The molecule has 96 valence electrons. The van der Waals surface area contributed by atoms with Crippen molar-refractivity contribution in [3.63, 3.8) is 0 Å². The average molecular weight is 345 g/mol. The lowest BCUT2D eigenvalue weighted by atomic mass is 10.2. The maximum Gasteiger partial charge on any atom is 0.0233 e. The Morgan fingerprint density at radius 2 is 1.47 bits per heavy atom. The number of benzene rings is 1. The molecule has 0 bridgehead atoms. The van der Waals surface area contributed by atoms with Crippen molar-refractivity contribution in [2.24, 2.45) is 0 Å². The Bertz CT molecular complexity index is 286. The summed E-state index contributed by atoms with van der Waals surface area (Å²) < 4.78 is 1.32. The maximum absolute atomic E-state index is 2.59. The fourth-order valence-corrected chi connectivity index (χ4v) is 2.24. The highest BCUT2D eigenvalue weighted by molar-refractivity contribution is 14.1. The number of unbranched alkanes of at least 4 members (excludes halogenated alkanes) is 2. The van der Waals surface area contributed by atoms with E-state index in [1.54, 1.807) is 0 Å². The van der Waals surface area contributed by atoms with Crippen molar-refractivity contribution in [2.45, 2.75) is 46.1 Å². The van der Waals surface area contributed by atoms with Gasteiger partial charge in [-0.2, -0.15) is 0 Å². The molecule has 0 radical (unpaired) electrons. The minimum absolute atomic E-state index is 1.11. The van der Waals surface area contributed by atoms with E-state index in [0.29, 0.717) is 0 Å². The van der Waals surface area contributed by atoms with Crippen molar-refractivity contribution >= 4 is 22.6 Å². The first-order chi connectivity index (χ1) is 8.26. The molecule has 0 saturated heterocycles. The van der Waals surface area contributed by atoms with E-state index in [4.69, 9.17) is 0 Å². The quantitative estimate of drug-likeness (QED) is 0.618. The molecule has 0 fully saturated rings. The van der Waals surface area contributed by atoms with Crippen LogP contribution in [0.4, 0.5) is 0 Å². The lowest BCUT2D eigenvalue weighted by Gasteiger charge is -2.22. The Labute approximate surface area is 120 Å². The number of nitrogens with zero attached hydrogens (tertiary/aromatic N) is 1. The topological polar surface area (TPSA) is 3.24 Å². The summed E-state index contributed by atoms with van der Waals surface area (Å²) in [5.74, 6) is 0. The third-order valence-corrected chi connectivity index (χ3v) is 3.69. The van der Waals surface area contributed by atoms with Crippen LogP contribution in [0.3, 0.4) is 0 Å². The lowest BCUT2D eigenvalue weighted by Crippen LogP contribution is -2.25. The molecule has 1 nitrogen and oxygen atoms in total. The smallest absolute Gasteiger partial charge is 0.0233 e. The van der Waals surface area contributed by atoms with Crippen LogP contribution in [0.1, 0.15) is 45.1 Å². The highest BCUT2D eigenvalue weighted by atomic mass is 127. The number of hydrogen-bond donors (Lipinski definition) is 0. The molecule has 0 heterocycles. The number of hydrogen-bond acceptors (Lipinski definition) is 1. The van der Waals surface area contributed by atoms with Gasteiger partial charge in [0.1, 0.15) is 0 Å². The Balaban J connectivity index is 2.48. The van der Waals surface area contributed by atoms with Gasteiger partial charge in [0.15, 0.2) is 0 Å². The number of rotatable bonds is 8. The zero-order valence-corrected chi connectivity index (χ0v) is 13.2. The van der Waals surface area contributed by atoms with Crippen LogP contribution < -0.4 is 0 Å². The third-order valence-electron chi connectivity index (χ3n) is 2.98. The Hall–Kier alpha value is -0.0900. The van der Waals surface area contributed by atoms with Gasteiger partial charge in [0.25, 0.3) is 0 Å². The molecule has 0 amide bonds. The standard InChI is InChI=1S/C15H24IN/c1-3-5-11-17(12-6-4-2)13-14-7-9-15(16)10-8-14/h7-10H,3-6,11-13H2,1-2H3. The van der Waals surface area contributed by atoms with Crippen LogP contribution in [0.5, 0.6) is 0 Å². The van der Waals surface area contributed by atoms with Gasteiger partial charge in [0.05, 0.1) is 0 Å². The first-order valence-electron chi connectivity index (χ1n) is 6.73. The Morgan fingerprint density at radius 1 is 0.941 bits per heavy atom. The van der Waals surface area contributed by atoms with E-state index in [2.05, 4.69) is 65.6 Å². The molecule has 1 rings (SSSR count). The maximum atomic E-state index is 2.59. The van der Waals surface area contributed by atoms with Gasteiger partial charge in [-0.1, -0.05) is 38.8 Å². The van der Waals surface area contributed by atoms with Gasteiger partial charge in [-0.15, -0.1) is 0 Å². The van der Waals surface area contributed by atoms with E-state index in [0.717, 1.165) is 6.54 Å². The first kappa shape index (κ1) is 15.0. The molecule has 1 aromatic carbocycles. The molecular formula is C15H24IN. The molecule has 0 aliphatic heterocycles. The van der Waals surface area contributed by atoms with Crippen molar-refractivity contribution in [2.75, 3.05) is 13.1 Å². The second-order valence-electron chi connectivity index (χ2n) is 4.61. The second-order valence-corrected chi connectivity index (χ2v) is 5.86. The molecule has 0 aromatic heterocycles. The highest BCUT2D eigenvalue weighted by Crippen LogP contribution is 2.10. The van der Waals surface area contributed by atoms with Gasteiger partial charge in [-0.3, -0.25) is 4.90 Å². The summed E-state index contributed by atoms with van der Waals surface area (Å²) in [5.41, 5.74) is 1.44. The number of halogens is 1. The Kier molecular flexibility index (Phi) is 7.86. The zero-order valence-electron chi connectivity index (χ0n) is 11.1. The van der Waals surface area contributed by atoms with E-state index < -0.39 is 0 Å².